The van der Waals surface area contributed by atoms with E-state index in [9.17, 15) is 4.79 Å². The maximum atomic E-state index is 11.3. The number of morpholine rings is 1. The number of halogens is 1. The van der Waals surface area contributed by atoms with Gasteiger partial charge in [-0.1, -0.05) is 18.2 Å². The summed E-state index contributed by atoms with van der Waals surface area (Å²) >= 11 is 1.77. The lowest BCUT2D eigenvalue weighted by atomic mass is 10.1. The van der Waals surface area contributed by atoms with E-state index in [1.54, 1.807) is 30.5 Å². The Morgan fingerprint density at radius 1 is 1.28 bits per heavy atom. The first kappa shape index (κ1) is 23.6. The van der Waals surface area contributed by atoms with Gasteiger partial charge in [-0.3, -0.25) is 14.7 Å². The van der Waals surface area contributed by atoms with Gasteiger partial charge in [0.1, 0.15) is 0 Å². The van der Waals surface area contributed by atoms with Crippen LogP contribution in [0.1, 0.15) is 26.8 Å². The highest BCUT2D eigenvalue weighted by molar-refractivity contribution is 14.0. The number of hydrogen-bond acceptors (Lipinski definition) is 5. The number of amides is 1. The number of nitrogens with zero attached hydrogens (tertiary/aromatic N) is 2. The zero-order chi connectivity index (χ0) is 19.8. The van der Waals surface area contributed by atoms with Crippen molar-refractivity contribution in [3.63, 3.8) is 0 Å². The van der Waals surface area contributed by atoms with E-state index in [0.717, 1.165) is 44.4 Å². The zero-order valence-electron chi connectivity index (χ0n) is 16.5. The van der Waals surface area contributed by atoms with Gasteiger partial charge in [0, 0.05) is 43.7 Å². The Labute approximate surface area is 192 Å². The van der Waals surface area contributed by atoms with Crippen LogP contribution in [0.4, 0.5) is 0 Å². The average Bonchev–Trinajstić information content (AvgIpc) is 3.26. The molecule has 1 aromatic heterocycles. The standard InChI is InChI=1S/C20H27N5O2S.HI/c1-22-20(23-13-15-4-2-5-16(12-15)19(21)26)24-14-17(18-6-3-11-28-18)25-7-9-27-10-8-25;/h2-6,11-12,17H,7-10,13-14H2,1H3,(H2,21,26)(H2,22,23,24);1H. The molecule has 0 bridgehead atoms. The van der Waals surface area contributed by atoms with Gasteiger partial charge in [0.25, 0.3) is 0 Å². The normalized spacial score (nSPS) is 16.0. The fourth-order valence-electron chi connectivity index (χ4n) is 3.21. The molecule has 29 heavy (non-hydrogen) atoms. The predicted octanol–water partition coefficient (Wildman–Crippen LogP) is 2.20. The van der Waals surface area contributed by atoms with Crippen LogP contribution in [0, 0.1) is 0 Å². The van der Waals surface area contributed by atoms with E-state index in [2.05, 4.69) is 38.0 Å². The van der Waals surface area contributed by atoms with Crippen molar-refractivity contribution in [2.75, 3.05) is 39.9 Å². The quantitative estimate of drug-likeness (QED) is 0.291. The Morgan fingerprint density at radius 3 is 2.72 bits per heavy atom. The Balaban J connectivity index is 0.00000300. The lowest BCUT2D eigenvalue weighted by Gasteiger charge is -2.34. The molecule has 158 valence electrons. The number of ether oxygens (including phenoxy) is 1. The van der Waals surface area contributed by atoms with Gasteiger partial charge in [0.05, 0.1) is 19.3 Å². The highest BCUT2D eigenvalue weighted by Gasteiger charge is 2.23. The zero-order valence-corrected chi connectivity index (χ0v) is 19.6. The van der Waals surface area contributed by atoms with E-state index in [1.807, 2.05) is 12.1 Å². The van der Waals surface area contributed by atoms with Crippen molar-refractivity contribution in [2.24, 2.45) is 10.7 Å². The van der Waals surface area contributed by atoms with Gasteiger partial charge in [-0.25, -0.2) is 0 Å². The fraction of sp³-hybridized carbons (Fsp3) is 0.400. The summed E-state index contributed by atoms with van der Waals surface area (Å²) in [6.07, 6.45) is 0. The van der Waals surface area contributed by atoms with Gasteiger partial charge in [-0.15, -0.1) is 35.3 Å². The molecule has 0 aliphatic carbocycles. The number of rotatable bonds is 7. The molecule has 1 aromatic carbocycles. The molecule has 1 unspecified atom stereocenters. The number of benzene rings is 1. The van der Waals surface area contributed by atoms with Crippen LogP contribution in [0.3, 0.4) is 0 Å². The van der Waals surface area contributed by atoms with Gasteiger partial charge in [-0.2, -0.15) is 0 Å². The smallest absolute Gasteiger partial charge is 0.248 e. The van der Waals surface area contributed by atoms with Gasteiger partial charge in [-0.05, 0) is 29.1 Å². The highest BCUT2D eigenvalue weighted by Crippen LogP contribution is 2.25. The summed E-state index contributed by atoms with van der Waals surface area (Å²) in [4.78, 5) is 19.4. The van der Waals surface area contributed by atoms with E-state index in [4.69, 9.17) is 10.5 Å². The number of primary amides is 1. The maximum absolute atomic E-state index is 11.3. The lowest BCUT2D eigenvalue weighted by Crippen LogP contribution is -2.46. The fourth-order valence-corrected chi connectivity index (χ4v) is 4.07. The first-order valence-corrected chi connectivity index (χ1v) is 10.2. The summed E-state index contributed by atoms with van der Waals surface area (Å²) in [6.45, 7) is 4.70. The number of carbonyl (C=O) groups is 1. The molecule has 2 aromatic rings. The Kier molecular flexibility index (Phi) is 9.85. The molecule has 4 N–H and O–H groups in total. The molecule has 9 heteroatoms. The molecule has 3 rings (SSSR count). The number of hydrogen-bond donors (Lipinski definition) is 3. The maximum Gasteiger partial charge on any atom is 0.248 e. The third kappa shape index (κ3) is 6.95. The Hall–Kier alpha value is -1.69. The first-order valence-electron chi connectivity index (χ1n) is 9.36. The molecule has 1 fully saturated rings. The second-order valence-electron chi connectivity index (χ2n) is 6.55. The number of nitrogens with one attached hydrogen (secondary N) is 2. The highest BCUT2D eigenvalue weighted by atomic mass is 127. The molecule has 2 heterocycles. The van der Waals surface area contributed by atoms with Gasteiger partial charge in [0.2, 0.25) is 5.91 Å². The minimum absolute atomic E-state index is 0. The number of thiophene rings is 1. The summed E-state index contributed by atoms with van der Waals surface area (Å²) in [5.74, 6) is 0.299. The predicted molar refractivity (Wildman–Crippen MR) is 128 cm³/mol. The third-order valence-electron chi connectivity index (χ3n) is 4.72. The number of guanidine groups is 1. The topological polar surface area (TPSA) is 92.0 Å². The third-order valence-corrected chi connectivity index (χ3v) is 5.69. The average molecular weight is 529 g/mol. The van der Waals surface area contributed by atoms with Crippen LogP contribution in [0.2, 0.25) is 0 Å². The summed E-state index contributed by atoms with van der Waals surface area (Å²) in [6, 6.07) is 11.8. The molecular formula is C20H28IN5O2S. The molecule has 1 aliphatic rings. The summed E-state index contributed by atoms with van der Waals surface area (Å²) < 4.78 is 5.50. The van der Waals surface area contributed by atoms with Crippen molar-refractivity contribution < 1.29 is 9.53 Å². The molecule has 0 saturated carbocycles. The van der Waals surface area contributed by atoms with Crippen molar-refractivity contribution in [2.45, 2.75) is 12.6 Å². The Morgan fingerprint density at radius 2 is 2.07 bits per heavy atom. The van der Waals surface area contributed by atoms with Crippen LogP contribution >= 0.6 is 35.3 Å². The molecule has 7 nitrogen and oxygen atoms in total. The van der Waals surface area contributed by atoms with Crippen LogP contribution in [-0.2, 0) is 11.3 Å². The van der Waals surface area contributed by atoms with Crippen molar-refractivity contribution >= 4 is 47.2 Å². The van der Waals surface area contributed by atoms with Gasteiger partial charge < -0.3 is 21.1 Å². The molecule has 0 radical (unpaired) electrons. The van der Waals surface area contributed by atoms with E-state index in [1.165, 1.54) is 4.88 Å². The molecule has 1 aliphatic heterocycles. The van der Waals surface area contributed by atoms with Crippen LogP contribution in [0.5, 0.6) is 0 Å². The van der Waals surface area contributed by atoms with Crippen LogP contribution in [-0.4, -0.2) is 56.7 Å². The van der Waals surface area contributed by atoms with Crippen molar-refractivity contribution in [1.29, 1.82) is 0 Å². The second-order valence-corrected chi connectivity index (χ2v) is 7.53. The van der Waals surface area contributed by atoms with Crippen molar-refractivity contribution in [3.05, 3.63) is 57.8 Å². The van der Waals surface area contributed by atoms with E-state index in [-0.39, 0.29) is 30.0 Å². The van der Waals surface area contributed by atoms with Crippen LogP contribution in [0.15, 0.2) is 46.8 Å². The second kappa shape index (κ2) is 12.1. The van der Waals surface area contributed by atoms with Crippen LogP contribution < -0.4 is 16.4 Å². The molecular weight excluding hydrogens is 501 g/mol. The van der Waals surface area contributed by atoms with E-state index in [0.29, 0.717) is 12.1 Å². The SMILES string of the molecule is CN=C(NCc1cccc(C(N)=O)c1)NCC(c1cccs1)N1CCOCC1.I. The van der Waals surface area contributed by atoms with Crippen LogP contribution in [0.25, 0.3) is 0 Å². The molecule has 1 amide bonds. The summed E-state index contributed by atoms with van der Waals surface area (Å²) in [5, 5.41) is 8.85. The van der Waals surface area contributed by atoms with Crippen molar-refractivity contribution in [3.8, 4) is 0 Å². The number of aliphatic imine (C=N–C) groups is 1. The first-order chi connectivity index (χ1) is 13.7. The van der Waals surface area contributed by atoms with E-state index >= 15 is 0 Å². The molecule has 1 atom stereocenters. The lowest BCUT2D eigenvalue weighted by molar-refractivity contribution is 0.0177. The molecule has 1 saturated heterocycles. The van der Waals surface area contributed by atoms with E-state index < -0.39 is 5.91 Å². The Bertz CT molecular complexity index is 794. The summed E-state index contributed by atoms with van der Waals surface area (Å²) in [5.41, 5.74) is 6.84. The monoisotopic (exact) mass is 529 g/mol. The number of carbonyl (C=O) groups excluding carboxylic acids is 1. The minimum atomic E-state index is -0.423. The van der Waals surface area contributed by atoms with Gasteiger partial charge in [0.15, 0.2) is 5.96 Å². The van der Waals surface area contributed by atoms with Gasteiger partial charge >= 0.3 is 0 Å². The summed E-state index contributed by atoms with van der Waals surface area (Å²) in [7, 11) is 1.75. The minimum Gasteiger partial charge on any atom is -0.379 e. The van der Waals surface area contributed by atoms with Crippen molar-refractivity contribution in [1.82, 2.24) is 15.5 Å². The number of nitrogens with two attached hydrogens (primary N) is 1. The molecule has 0 spiro atoms. The largest absolute Gasteiger partial charge is 0.379 e.